The molecule has 2 rings (SSSR count). The Hall–Kier alpha value is -2.37. The third kappa shape index (κ3) is 4.81. The van der Waals surface area contributed by atoms with E-state index in [0.717, 1.165) is 0 Å². The average Bonchev–Trinajstić information content (AvgIpc) is 2.58. The van der Waals surface area contributed by atoms with Crippen LogP contribution in [0.1, 0.15) is 20.7 Å². The molecule has 2 aromatic rings. The van der Waals surface area contributed by atoms with E-state index in [-0.39, 0.29) is 21.2 Å². The fourth-order valence-electron chi connectivity index (χ4n) is 1.74. The van der Waals surface area contributed by atoms with Gasteiger partial charge in [0.15, 0.2) is 13.2 Å². The summed E-state index contributed by atoms with van der Waals surface area (Å²) in [6.45, 7) is -1.06. The predicted molar refractivity (Wildman–Crippen MR) is 88.5 cm³/mol. The Balaban J connectivity index is 1.82. The van der Waals surface area contributed by atoms with E-state index in [1.165, 1.54) is 24.3 Å². The maximum Gasteiger partial charge on any atom is 0.340 e. The van der Waals surface area contributed by atoms with E-state index in [0.29, 0.717) is 0 Å². The number of hydrogen-bond acceptors (Lipinski definition) is 5. The zero-order valence-corrected chi connectivity index (χ0v) is 13.8. The van der Waals surface area contributed by atoms with E-state index in [4.69, 9.17) is 32.7 Å². The fourth-order valence-corrected chi connectivity index (χ4v) is 2.17. The number of benzene rings is 2. The number of ether oxygens (including phenoxy) is 2. The molecular weight excluding hydrogens is 355 g/mol. The molecule has 0 amide bonds. The van der Waals surface area contributed by atoms with Gasteiger partial charge in [0, 0.05) is 0 Å². The van der Waals surface area contributed by atoms with Gasteiger partial charge >= 0.3 is 11.9 Å². The maximum atomic E-state index is 11.8. The molecule has 0 atom stereocenters. The summed E-state index contributed by atoms with van der Waals surface area (Å²) in [4.78, 5) is 35.2. The van der Waals surface area contributed by atoms with Gasteiger partial charge in [-0.2, -0.15) is 0 Å². The van der Waals surface area contributed by atoms with E-state index in [9.17, 15) is 14.4 Å². The van der Waals surface area contributed by atoms with Gasteiger partial charge in [-0.15, -0.1) is 0 Å². The van der Waals surface area contributed by atoms with Crippen molar-refractivity contribution in [1.82, 2.24) is 0 Å². The van der Waals surface area contributed by atoms with Gasteiger partial charge in [0.05, 0.1) is 21.2 Å². The van der Waals surface area contributed by atoms with Crippen molar-refractivity contribution in [2.45, 2.75) is 0 Å². The third-order valence-electron chi connectivity index (χ3n) is 2.92. The van der Waals surface area contributed by atoms with Crippen molar-refractivity contribution >= 4 is 40.9 Å². The number of hydrogen-bond donors (Lipinski definition) is 0. The van der Waals surface area contributed by atoms with Crippen molar-refractivity contribution in [3.8, 4) is 0 Å². The van der Waals surface area contributed by atoms with Crippen molar-refractivity contribution in [1.29, 1.82) is 0 Å². The second kappa shape index (κ2) is 8.47. The predicted octanol–water partition coefficient (Wildman–Crippen LogP) is 3.58. The van der Waals surface area contributed by atoms with Crippen molar-refractivity contribution in [2.24, 2.45) is 0 Å². The smallest absolute Gasteiger partial charge is 0.340 e. The van der Waals surface area contributed by atoms with Crippen molar-refractivity contribution in [3.05, 3.63) is 69.7 Å². The first kappa shape index (κ1) is 18.0. The summed E-state index contributed by atoms with van der Waals surface area (Å²) in [5.41, 5.74) is 0.306. The molecule has 0 aliphatic carbocycles. The highest BCUT2D eigenvalue weighted by Gasteiger charge is 2.16. The van der Waals surface area contributed by atoms with Crippen molar-refractivity contribution < 1.29 is 23.9 Å². The minimum atomic E-state index is -0.730. The Kier molecular flexibility index (Phi) is 6.35. The second-order valence-electron chi connectivity index (χ2n) is 4.65. The monoisotopic (exact) mass is 366 g/mol. The highest BCUT2D eigenvalue weighted by Crippen LogP contribution is 2.16. The molecule has 24 heavy (non-hydrogen) atoms. The van der Waals surface area contributed by atoms with Gasteiger partial charge in [0.1, 0.15) is 0 Å². The molecular formula is C17H12Cl2O5. The summed E-state index contributed by atoms with van der Waals surface area (Å²) in [6.07, 6.45) is 0. The lowest BCUT2D eigenvalue weighted by Crippen LogP contribution is -2.21. The number of Topliss-reactive ketones (excluding diaryl/α,β-unsaturated/α-hetero) is 1. The summed E-state index contributed by atoms with van der Waals surface area (Å²) in [6, 6.07) is 12.6. The van der Waals surface area contributed by atoms with Gasteiger partial charge in [-0.1, -0.05) is 47.5 Å². The molecule has 0 N–H and O–H groups in total. The maximum absolute atomic E-state index is 11.8. The number of carbonyl (C=O) groups excluding carboxylic acids is 3. The van der Waals surface area contributed by atoms with Crippen molar-refractivity contribution in [3.63, 3.8) is 0 Å². The number of carbonyl (C=O) groups is 3. The van der Waals surface area contributed by atoms with Crippen LogP contribution in [-0.2, 0) is 14.3 Å². The number of ketones is 1. The van der Waals surface area contributed by atoms with E-state index >= 15 is 0 Å². The standard InChI is InChI=1S/C17H12Cl2O5/c18-14-7-3-1-5-12(14)16(21)23-9-11(20)10-24-17(22)13-6-2-4-8-15(13)19/h1-8H,9-10H2. The Morgan fingerprint density at radius 1 is 0.708 bits per heavy atom. The summed E-state index contributed by atoms with van der Waals surface area (Å²) in [5.74, 6) is -2.03. The summed E-state index contributed by atoms with van der Waals surface area (Å²) in [5, 5.41) is 0.445. The quantitative estimate of drug-likeness (QED) is 0.730. The van der Waals surface area contributed by atoms with E-state index in [1.807, 2.05) is 0 Å². The molecule has 0 saturated carbocycles. The summed E-state index contributed by atoms with van der Waals surface area (Å²) >= 11 is 11.7. The molecule has 2 aromatic carbocycles. The molecule has 0 radical (unpaired) electrons. The van der Waals surface area contributed by atoms with Gasteiger partial charge in [0.25, 0.3) is 0 Å². The Morgan fingerprint density at radius 2 is 1.08 bits per heavy atom. The van der Waals surface area contributed by atoms with Crippen LogP contribution in [0.15, 0.2) is 48.5 Å². The number of halogens is 2. The molecule has 0 saturated heterocycles. The van der Waals surface area contributed by atoms with Crippen LogP contribution in [-0.4, -0.2) is 30.9 Å². The van der Waals surface area contributed by atoms with Crippen molar-refractivity contribution in [2.75, 3.05) is 13.2 Å². The average molecular weight is 367 g/mol. The van der Waals surface area contributed by atoms with Crippen LogP contribution in [0.5, 0.6) is 0 Å². The molecule has 0 aliphatic rings. The molecule has 5 nitrogen and oxygen atoms in total. The van der Waals surface area contributed by atoms with Crippen LogP contribution in [0, 0.1) is 0 Å². The summed E-state index contributed by atoms with van der Waals surface area (Å²) in [7, 11) is 0. The Bertz CT molecular complexity index is 710. The third-order valence-corrected chi connectivity index (χ3v) is 3.58. The lowest BCUT2D eigenvalue weighted by Gasteiger charge is -2.07. The van der Waals surface area contributed by atoms with Gasteiger partial charge in [-0.25, -0.2) is 9.59 Å². The molecule has 124 valence electrons. The lowest BCUT2D eigenvalue weighted by atomic mass is 10.2. The zero-order chi connectivity index (χ0) is 17.5. The van der Waals surface area contributed by atoms with E-state index in [1.54, 1.807) is 24.3 Å². The van der Waals surface area contributed by atoms with E-state index in [2.05, 4.69) is 0 Å². The van der Waals surface area contributed by atoms with Gasteiger partial charge in [-0.05, 0) is 24.3 Å². The molecule has 0 heterocycles. The highest BCUT2D eigenvalue weighted by molar-refractivity contribution is 6.34. The van der Waals surface area contributed by atoms with Crippen LogP contribution >= 0.6 is 23.2 Å². The second-order valence-corrected chi connectivity index (χ2v) is 5.47. The molecule has 0 unspecified atom stereocenters. The molecule has 0 aromatic heterocycles. The van der Waals surface area contributed by atoms with Crippen LogP contribution in [0.25, 0.3) is 0 Å². The minimum absolute atomic E-state index is 0.153. The van der Waals surface area contributed by atoms with Gasteiger partial charge in [0.2, 0.25) is 5.78 Å². The first-order valence-corrected chi connectivity index (χ1v) is 7.59. The van der Waals surface area contributed by atoms with Crippen LogP contribution < -0.4 is 0 Å². The Labute approximate surface area is 148 Å². The number of esters is 2. The molecule has 0 spiro atoms. The fraction of sp³-hybridized carbons (Fsp3) is 0.118. The minimum Gasteiger partial charge on any atom is -0.454 e. The molecule has 7 heteroatoms. The highest BCUT2D eigenvalue weighted by atomic mass is 35.5. The topological polar surface area (TPSA) is 69.7 Å². The summed E-state index contributed by atoms with van der Waals surface area (Å²) < 4.78 is 9.68. The first-order chi connectivity index (χ1) is 11.5. The lowest BCUT2D eigenvalue weighted by molar-refractivity contribution is -0.125. The number of rotatable bonds is 6. The van der Waals surface area contributed by atoms with Gasteiger partial charge < -0.3 is 9.47 Å². The Morgan fingerprint density at radius 3 is 1.46 bits per heavy atom. The largest absolute Gasteiger partial charge is 0.454 e. The molecule has 0 aliphatic heterocycles. The van der Waals surface area contributed by atoms with Crippen LogP contribution in [0.2, 0.25) is 10.0 Å². The van der Waals surface area contributed by atoms with Crippen LogP contribution in [0.4, 0.5) is 0 Å². The SMILES string of the molecule is O=C(COC(=O)c1ccccc1Cl)COC(=O)c1ccccc1Cl. The van der Waals surface area contributed by atoms with Gasteiger partial charge in [-0.3, -0.25) is 4.79 Å². The first-order valence-electron chi connectivity index (χ1n) is 6.84. The normalized spacial score (nSPS) is 10.1. The molecule has 0 bridgehead atoms. The van der Waals surface area contributed by atoms with E-state index < -0.39 is 30.9 Å². The van der Waals surface area contributed by atoms with Crippen LogP contribution in [0.3, 0.4) is 0 Å². The zero-order valence-electron chi connectivity index (χ0n) is 12.3. The molecule has 0 fully saturated rings.